The second-order valence-electron chi connectivity index (χ2n) is 5.21. The van der Waals surface area contributed by atoms with Crippen LogP contribution in [-0.4, -0.2) is 42.0 Å². The lowest BCUT2D eigenvalue weighted by atomic mass is 10.2. The quantitative estimate of drug-likeness (QED) is 0.680. The SMILES string of the molecule is NC(=NCc1ccc(F)c(Cl)c1)N1CCN(c2nccs2)CC1. The minimum absolute atomic E-state index is 0.105. The second kappa shape index (κ2) is 7.14. The van der Waals surface area contributed by atoms with E-state index in [1.54, 1.807) is 23.5 Å². The van der Waals surface area contributed by atoms with Gasteiger partial charge in [0.05, 0.1) is 11.6 Å². The van der Waals surface area contributed by atoms with Crippen molar-refractivity contribution in [2.24, 2.45) is 10.7 Å². The molecule has 5 nitrogen and oxygen atoms in total. The standard InChI is InChI=1S/C15H17ClFN5S/c16-12-9-11(1-2-13(12)17)10-20-14(18)21-4-6-22(7-5-21)15-19-3-8-23-15/h1-3,8-9H,4-7,10H2,(H2,18,20). The van der Waals surface area contributed by atoms with E-state index in [4.69, 9.17) is 17.3 Å². The molecule has 2 N–H and O–H groups in total. The summed E-state index contributed by atoms with van der Waals surface area (Å²) in [6.07, 6.45) is 1.82. The third-order valence-electron chi connectivity index (χ3n) is 3.70. The predicted octanol–water partition coefficient (Wildman–Crippen LogP) is 2.57. The summed E-state index contributed by atoms with van der Waals surface area (Å²) in [5.74, 6) is 0.0786. The highest BCUT2D eigenvalue weighted by molar-refractivity contribution is 7.13. The zero-order valence-corrected chi connectivity index (χ0v) is 14.0. The number of anilines is 1. The van der Waals surface area contributed by atoms with Gasteiger partial charge in [-0.05, 0) is 17.7 Å². The number of aliphatic imine (C=N–C) groups is 1. The Morgan fingerprint density at radius 3 is 2.78 bits per heavy atom. The molecule has 2 aromatic rings. The van der Waals surface area contributed by atoms with Gasteiger partial charge in [0.15, 0.2) is 11.1 Å². The summed E-state index contributed by atoms with van der Waals surface area (Å²) in [6, 6.07) is 4.59. The van der Waals surface area contributed by atoms with Crippen LogP contribution in [0.1, 0.15) is 5.56 Å². The lowest BCUT2D eigenvalue weighted by Gasteiger charge is -2.35. The molecule has 3 rings (SSSR count). The maximum atomic E-state index is 13.1. The first-order chi connectivity index (χ1) is 11.1. The molecule has 8 heteroatoms. The molecule has 2 heterocycles. The molecule has 23 heavy (non-hydrogen) atoms. The Kier molecular flexibility index (Phi) is 4.97. The van der Waals surface area contributed by atoms with Crippen LogP contribution >= 0.6 is 22.9 Å². The van der Waals surface area contributed by atoms with Crippen LogP contribution in [0.2, 0.25) is 5.02 Å². The normalized spacial score (nSPS) is 16.0. The minimum atomic E-state index is -0.425. The Balaban J connectivity index is 1.56. The van der Waals surface area contributed by atoms with Crippen molar-refractivity contribution in [2.75, 3.05) is 31.1 Å². The van der Waals surface area contributed by atoms with Gasteiger partial charge >= 0.3 is 0 Å². The number of nitrogens with two attached hydrogens (primary N) is 1. The molecule has 122 valence electrons. The summed E-state index contributed by atoms with van der Waals surface area (Å²) in [5, 5.41) is 3.13. The molecule has 1 aliphatic rings. The average molecular weight is 354 g/mol. The van der Waals surface area contributed by atoms with Gasteiger partial charge in [-0.1, -0.05) is 17.7 Å². The molecule has 0 unspecified atom stereocenters. The predicted molar refractivity (Wildman–Crippen MR) is 92.6 cm³/mol. The number of benzene rings is 1. The van der Waals surface area contributed by atoms with E-state index in [2.05, 4.69) is 19.8 Å². The van der Waals surface area contributed by atoms with E-state index in [-0.39, 0.29) is 5.02 Å². The highest BCUT2D eigenvalue weighted by Crippen LogP contribution is 2.19. The topological polar surface area (TPSA) is 57.8 Å². The van der Waals surface area contributed by atoms with E-state index in [1.807, 2.05) is 11.6 Å². The van der Waals surface area contributed by atoms with Gasteiger partial charge in [-0.15, -0.1) is 11.3 Å². The molecule has 0 bridgehead atoms. The zero-order chi connectivity index (χ0) is 16.2. The third kappa shape index (κ3) is 3.92. The molecule has 1 aromatic carbocycles. The molecule has 0 amide bonds. The van der Waals surface area contributed by atoms with Crippen molar-refractivity contribution in [3.63, 3.8) is 0 Å². The summed E-state index contributed by atoms with van der Waals surface area (Å²) in [4.78, 5) is 13.0. The van der Waals surface area contributed by atoms with Crippen molar-refractivity contribution in [1.82, 2.24) is 9.88 Å². The van der Waals surface area contributed by atoms with Gasteiger partial charge in [0.1, 0.15) is 5.82 Å². The lowest BCUT2D eigenvalue weighted by molar-refractivity contribution is 0.380. The number of hydrogen-bond acceptors (Lipinski definition) is 4. The Hall–Kier alpha value is -1.86. The van der Waals surface area contributed by atoms with Crippen LogP contribution in [0.15, 0.2) is 34.8 Å². The number of guanidine groups is 1. The molecular weight excluding hydrogens is 337 g/mol. The molecular formula is C15H17ClFN5S. The summed E-state index contributed by atoms with van der Waals surface area (Å²) in [7, 11) is 0. The summed E-state index contributed by atoms with van der Waals surface area (Å²) in [5.41, 5.74) is 6.90. The molecule has 0 atom stereocenters. The van der Waals surface area contributed by atoms with E-state index >= 15 is 0 Å². The molecule has 1 aromatic heterocycles. The molecule has 1 saturated heterocycles. The van der Waals surface area contributed by atoms with Gasteiger partial charge in [-0.3, -0.25) is 0 Å². The highest BCUT2D eigenvalue weighted by atomic mass is 35.5. The van der Waals surface area contributed by atoms with Crippen LogP contribution in [0.4, 0.5) is 9.52 Å². The van der Waals surface area contributed by atoms with Crippen LogP contribution in [0.25, 0.3) is 0 Å². The smallest absolute Gasteiger partial charge is 0.191 e. The van der Waals surface area contributed by atoms with Crippen molar-refractivity contribution >= 4 is 34.0 Å². The monoisotopic (exact) mass is 353 g/mol. The van der Waals surface area contributed by atoms with Crippen LogP contribution in [-0.2, 0) is 6.54 Å². The first kappa shape index (κ1) is 16.0. The van der Waals surface area contributed by atoms with Gasteiger partial charge in [-0.25, -0.2) is 14.4 Å². The van der Waals surface area contributed by atoms with Gasteiger partial charge in [0.25, 0.3) is 0 Å². The van der Waals surface area contributed by atoms with Gasteiger partial charge in [-0.2, -0.15) is 0 Å². The van der Waals surface area contributed by atoms with Crippen molar-refractivity contribution in [3.8, 4) is 0 Å². The van der Waals surface area contributed by atoms with E-state index in [0.717, 1.165) is 36.9 Å². The Labute approximate surface area is 143 Å². The number of nitrogens with zero attached hydrogens (tertiary/aromatic N) is 4. The number of piperazine rings is 1. The van der Waals surface area contributed by atoms with Crippen LogP contribution in [0.3, 0.4) is 0 Å². The fourth-order valence-electron chi connectivity index (χ4n) is 2.41. The van der Waals surface area contributed by atoms with Gasteiger partial charge in [0, 0.05) is 37.8 Å². The van der Waals surface area contributed by atoms with Crippen LogP contribution in [0, 0.1) is 5.82 Å². The van der Waals surface area contributed by atoms with E-state index in [1.165, 1.54) is 6.07 Å². The maximum Gasteiger partial charge on any atom is 0.191 e. The number of aromatic nitrogens is 1. The molecule has 0 saturated carbocycles. The Morgan fingerprint density at radius 1 is 1.35 bits per heavy atom. The number of halogens is 2. The molecule has 0 spiro atoms. The third-order valence-corrected chi connectivity index (χ3v) is 4.82. The number of hydrogen-bond donors (Lipinski definition) is 1. The van der Waals surface area contributed by atoms with Crippen LogP contribution < -0.4 is 10.6 Å². The van der Waals surface area contributed by atoms with Crippen molar-refractivity contribution in [3.05, 3.63) is 46.2 Å². The fraction of sp³-hybridized carbons (Fsp3) is 0.333. The largest absolute Gasteiger partial charge is 0.370 e. The lowest BCUT2D eigenvalue weighted by Crippen LogP contribution is -2.51. The van der Waals surface area contributed by atoms with E-state index in [0.29, 0.717) is 12.5 Å². The fourth-order valence-corrected chi connectivity index (χ4v) is 3.31. The molecule has 1 fully saturated rings. The second-order valence-corrected chi connectivity index (χ2v) is 6.49. The maximum absolute atomic E-state index is 13.1. The van der Waals surface area contributed by atoms with Crippen molar-refractivity contribution < 1.29 is 4.39 Å². The summed E-state index contributed by atoms with van der Waals surface area (Å²) < 4.78 is 13.1. The average Bonchev–Trinajstić information content (AvgIpc) is 3.10. The molecule has 0 aliphatic carbocycles. The van der Waals surface area contributed by atoms with Crippen LogP contribution in [0.5, 0.6) is 0 Å². The molecule has 0 radical (unpaired) electrons. The summed E-state index contributed by atoms with van der Waals surface area (Å²) in [6.45, 7) is 3.73. The Bertz CT molecular complexity index is 683. The first-order valence-corrected chi connectivity index (χ1v) is 8.52. The minimum Gasteiger partial charge on any atom is -0.370 e. The summed E-state index contributed by atoms with van der Waals surface area (Å²) >= 11 is 7.41. The van der Waals surface area contributed by atoms with Gasteiger partial charge < -0.3 is 15.5 Å². The zero-order valence-electron chi connectivity index (χ0n) is 12.5. The number of thiazole rings is 1. The van der Waals surface area contributed by atoms with E-state index < -0.39 is 5.82 Å². The van der Waals surface area contributed by atoms with Crippen molar-refractivity contribution in [1.29, 1.82) is 0 Å². The highest BCUT2D eigenvalue weighted by Gasteiger charge is 2.19. The first-order valence-electron chi connectivity index (χ1n) is 7.27. The molecule has 1 aliphatic heterocycles. The number of rotatable bonds is 3. The van der Waals surface area contributed by atoms with Crippen molar-refractivity contribution in [2.45, 2.75) is 6.54 Å². The van der Waals surface area contributed by atoms with E-state index in [9.17, 15) is 4.39 Å². The van der Waals surface area contributed by atoms with Gasteiger partial charge in [0.2, 0.25) is 0 Å². The Morgan fingerprint density at radius 2 is 2.13 bits per heavy atom.